The Balaban J connectivity index is 2.56. The van der Waals surface area contributed by atoms with Gasteiger partial charge >= 0.3 is 6.09 Å². The minimum absolute atomic E-state index is 0.105. The van der Waals surface area contributed by atoms with E-state index in [0.29, 0.717) is 29.7 Å². The van der Waals surface area contributed by atoms with Crippen molar-refractivity contribution >= 4 is 35.2 Å². The second-order valence-electron chi connectivity index (χ2n) is 6.15. The van der Waals surface area contributed by atoms with E-state index in [-0.39, 0.29) is 5.91 Å². The van der Waals surface area contributed by atoms with Crippen molar-refractivity contribution in [2.24, 2.45) is 0 Å². The summed E-state index contributed by atoms with van der Waals surface area (Å²) in [6, 6.07) is 5.14. The van der Waals surface area contributed by atoms with Crippen LogP contribution in [0.25, 0.3) is 0 Å². The van der Waals surface area contributed by atoms with E-state index in [1.165, 1.54) is 6.92 Å². The molecule has 1 aromatic carbocycles. The largest absolute Gasteiger partial charge is 0.444 e. The minimum atomic E-state index is -0.554. The number of hydrogen-bond donors (Lipinski definition) is 1. The molecule has 0 heterocycles. The van der Waals surface area contributed by atoms with Gasteiger partial charge in [0.2, 0.25) is 5.91 Å². The van der Waals surface area contributed by atoms with Crippen molar-refractivity contribution in [3.63, 3.8) is 0 Å². The predicted octanol–water partition coefficient (Wildman–Crippen LogP) is 3.87. The van der Waals surface area contributed by atoms with Crippen molar-refractivity contribution in [1.82, 2.24) is 10.2 Å². The Labute approximate surface area is 146 Å². The highest BCUT2D eigenvalue weighted by molar-refractivity contribution is 6.34. The van der Waals surface area contributed by atoms with Crippen LogP contribution >= 0.6 is 23.2 Å². The lowest BCUT2D eigenvalue weighted by Gasteiger charge is -2.23. The van der Waals surface area contributed by atoms with Gasteiger partial charge in [-0.2, -0.15) is 0 Å². The molecule has 0 aliphatic heterocycles. The van der Waals surface area contributed by atoms with E-state index in [9.17, 15) is 9.59 Å². The van der Waals surface area contributed by atoms with E-state index in [1.54, 1.807) is 43.9 Å². The van der Waals surface area contributed by atoms with E-state index < -0.39 is 11.7 Å². The molecule has 0 radical (unpaired) electrons. The predicted molar refractivity (Wildman–Crippen MR) is 91.8 cm³/mol. The fourth-order valence-corrected chi connectivity index (χ4v) is 2.45. The Morgan fingerprint density at radius 1 is 1.17 bits per heavy atom. The van der Waals surface area contributed by atoms with Gasteiger partial charge in [-0.15, -0.1) is 0 Å². The molecule has 1 N–H and O–H groups in total. The zero-order valence-corrected chi connectivity index (χ0v) is 15.3. The molecule has 0 aliphatic rings. The highest BCUT2D eigenvalue weighted by Gasteiger charge is 2.16. The molecule has 128 valence electrons. The quantitative estimate of drug-likeness (QED) is 0.866. The molecule has 0 fully saturated rings. The zero-order valence-electron chi connectivity index (χ0n) is 13.8. The van der Waals surface area contributed by atoms with E-state index >= 15 is 0 Å². The lowest BCUT2D eigenvalue weighted by Crippen LogP contribution is -2.39. The van der Waals surface area contributed by atoms with Crippen molar-refractivity contribution in [2.45, 2.75) is 39.8 Å². The third-order valence-corrected chi connectivity index (χ3v) is 3.23. The highest BCUT2D eigenvalue weighted by atomic mass is 35.5. The third-order valence-electron chi connectivity index (χ3n) is 2.79. The van der Waals surface area contributed by atoms with Crippen LogP contribution in [0.2, 0.25) is 10.0 Å². The molecule has 0 saturated heterocycles. The third kappa shape index (κ3) is 8.09. The van der Waals surface area contributed by atoms with Gasteiger partial charge in [-0.05, 0) is 44.5 Å². The lowest BCUT2D eigenvalue weighted by atomic mass is 10.2. The number of halogens is 2. The summed E-state index contributed by atoms with van der Waals surface area (Å²) in [4.78, 5) is 24.9. The van der Waals surface area contributed by atoms with Crippen LogP contribution in [0.15, 0.2) is 18.2 Å². The maximum atomic E-state index is 11.7. The molecule has 0 aromatic heterocycles. The van der Waals surface area contributed by atoms with Gasteiger partial charge in [0.25, 0.3) is 0 Å². The van der Waals surface area contributed by atoms with Crippen LogP contribution in [0.1, 0.15) is 33.3 Å². The molecule has 1 aromatic rings. The maximum absolute atomic E-state index is 11.7. The molecule has 2 amide bonds. The summed E-state index contributed by atoms with van der Waals surface area (Å²) in [6.07, 6.45) is -0.508. The smallest absolute Gasteiger partial charge is 0.407 e. The number of amides is 2. The fourth-order valence-electron chi connectivity index (χ4n) is 1.88. The summed E-state index contributed by atoms with van der Waals surface area (Å²) in [5.41, 5.74) is 0.275. The SMILES string of the molecule is CC(=O)N(CCNC(=O)OC(C)(C)C)Cc1cc(Cl)cc(Cl)c1. The van der Waals surface area contributed by atoms with E-state index in [1.807, 2.05) is 0 Å². The molecule has 0 spiro atoms. The van der Waals surface area contributed by atoms with Crippen molar-refractivity contribution in [2.75, 3.05) is 13.1 Å². The van der Waals surface area contributed by atoms with Crippen LogP contribution in [-0.2, 0) is 16.1 Å². The van der Waals surface area contributed by atoms with Crippen LogP contribution in [0.3, 0.4) is 0 Å². The number of carbonyl (C=O) groups is 2. The Kier molecular flexibility index (Phi) is 7.16. The summed E-state index contributed by atoms with van der Waals surface area (Å²) in [5, 5.41) is 3.66. The average Bonchev–Trinajstić information content (AvgIpc) is 2.33. The molecule has 23 heavy (non-hydrogen) atoms. The number of hydrogen-bond acceptors (Lipinski definition) is 3. The van der Waals surface area contributed by atoms with Crippen LogP contribution in [0.5, 0.6) is 0 Å². The highest BCUT2D eigenvalue weighted by Crippen LogP contribution is 2.20. The number of ether oxygens (including phenoxy) is 1. The molecule has 1 rings (SSSR count). The van der Waals surface area contributed by atoms with Gasteiger partial charge in [-0.25, -0.2) is 4.79 Å². The molecule has 0 saturated carbocycles. The van der Waals surface area contributed by atoms with Gasteiger partial charge in [0, 0.05) is 36.6 Å². The first-order chi connectivity index (χ1) is 10.6. The summed E-state index contributed by atoms with van der Waals surface area (Å²) < 4.78 is 5.14. The van der Waals surface area contributed by atoms with Crippen LogP contribution in [-0.4, -0.2) is 35.6 Å². The first kappa shape index (κ1) is 19.6. The van der Waals surface area contributed by atoms with Crippen LogP contribution in [0.4, 0.5) is 4.79 Å². The van der Waals surface area contributed by atoms with Gasteiger partial charge in [0.05, 0.1) is 0 Å². The van der Waals surface area contributed by atoms with Gasteiger partial charge in [0.1, 0.15) is 5.60 Å². The number of nitrogens with zero attached hydrogens (tertiary/aromatic N) is 1. The summed E-state index contributed by atoms with van der Waals surface area (Å²) in [5.74, 6) is -0.105. The van der Waals surface area contributed by atoms with E-state index in [2.05, 4.69) is 5.32 Å². The summed E-state index contributed by atoms with van der Waals surface area (Å²) in [6.45, 7) is 7.86. The van der Waals surface area contributed by atoms with Gasteiger partial charge < -0.3 is 15.0 Å². The number of carbonyl (C=O) groups excluding carboxylic acids is 2. The van der Waals surface area contributed by atoms with Crippen LogP contribution < -0.4 is 5.32 Å². The molecule has 5 nitrogen and oxygen atoms in total. The minimum Gasteiger partial charge on any atom is -0.444 e. The molecular formula is C16H22Cl2N2O3. The van der Waals surface area contributed by atoms with Crippen molar-refractivity contribution in [3.8, 4) is 0 Å². The van der Waals surface area contributed by atoms with Gasteiger partial charge in [0.15, 0.2) is 0 Å². The molecule has 0 atom stereocenters. The normalized spacial score (nSPS) is 11.0. The molecular weight excluding hydrogens is 339 g/mol. The Morgan fingerprint density at radius 2 is 1.74 bits per heavy atom. The average molecular weight is 361 g/mol. The number of rotatable bonds is 5. The number of alkyl carbamates (subject to hydrolysis) is 1. The zero-order chi connectivity index (χ0) is 17.6. The summed E-state index contributed by atoms with van der Waals surface area (Å²) >= 11 is 11.9. The standard InChI is InChI=1S/C16H22Cl2N2O3/c1-11(21)20(6-5-19-15(22)23-16(2,3)4)10-12-7-13(17)9-14(18)8-12/h7-9H,5-6,10H2,1-4H3,(H,19,22). The topological polar surface area (TPSA) is 58.6 Å². The van der Waals surface area contributed by atoms with E-state index in [4.69, 9.17) is 27.9 Å². The molecule has 0 unspecified atom stereocenters. The Bertz CT molecular complexity index is 551. The molecule has 7 heteroatoms. The second kappa shape index (κ2) is 8.41. The van der Waals surface area contributed by atoms with E-state index in [0.717, 1.165) is 5.56 Å². The van der Waals surface area contributed by atoms with Gasteiger partial charge in [-0.3, -0.25) is 4.79 Å². The summed E-state index contributed by atoms with van der Waals surface area (Å²) in [7, 11) is 0. The fraction of sp³-hybridized carbons (Fsp3) is 0.500. The molecule has 0 aliphatic carbocycles. The first-order valence-corrected chi connectivity index (χ1v) is 8.00. The van der Waals surface area contributed by atoms with Crippen molar-refractivity contribution in [1.29, 1.82) is 0 Å². The molecule has 0 bridgehead atoms. The lowest BCUT2D eigenvalue weighted by molar-refractivity contribution is -0.129. The first-order valence-electron chi connectivity index (χ1n) is 7.24. The van der Waals surface area contributed by atoms with Gasteiger partial charge in [-0.1, -0.05) is 23.2 Å². The number of nitrogens with one attached hydrogen (secondary N) is 1. The monoisotopic (exact) mass is 360 g/mol. The van der Waals surface area contributed by atoms with Crippen LogP contribution in [0, 0.1) is 0 Å². The van der Waals surface area contributed by atoms with Crippen molar-refractivity contribution < 1.29 is 14.3 Å². The Morgan fingerprint density at radius 3 is 2.22 bits per heavy atom. The maximum Gasteiger partial charge on any atom is 0.407 e. The second-order valence-corrected chi connectivity index (χ2v) is 7.02. The number of benzene rings is 1. The van der Waals surface area contributed by atoms with Crippen molar-refractivity contribution in [3.05, 3.63) is 33.8 Å². The Hall–Kier alpha value is -1.46.